The van der Waals surface area contributed by atoms with Crippen molar-refractivity contribution in [3.05, 3.63) is 33.8 Å². The van der Waals surface area contributed by atoms with Crippen molar-refractivity contribution in [2.45, 2.75) is 25.4 Å². The number of hydrogen-bond acceptors (Lipinski definition) is 2. The van der Waals surface area contributed by atoms with E-state index in [1.165, 1.54) is 0 Å². The molecule has 0 aliphatic heterocycles. The first kappa shape index (κ1) is 13.7. The average Bonchev–Trinajstić information content (AvgIpc) is 2.75. The first-order valence-electron chi connectivity index (χ1n) is 5.97. The Labute approximate surface area is 116 Å². The molecule has 0 saturated heterocycles. The minimum absolute atomic E-state index is 0.157. The minimum atomic E-state index is -0.211. The van der Waals surface area contributed by atoms with E-state index in [0.29, 0.717) is 28.1 Å². The molecule has 0 bridgehead atoms. The lowest BCUT2D eigenvalue weighted by Crippen LogP contribution is -2.28. The number of halogens is 2. The van der Waals surface area contributed by atoms with Gasteiger partial charge in [-0.25, -0.2) is 0 Å². The molecule has 0 radical (unpaired) electrons. The molecular formula is C13H15Cl2NO2. The lowest BCUT2D eigenvalue weighted by molar-refractivity contribution is 0.0945. The van der Waals surface area contributed by atoms with E-state index in [9.17, 15) is 9.90 Å². The van der Waals surface area contributed by atoms with E-state index in [-0.39, 0.29) is 12.0 Å². The Hall–Kier alpha value is -0.770. The van der Waals surface area contributed by atoms with Gasteiger partial charge < -0.3 is 10.4 Å². The largest absolute Gasteiger partial charge is 0.393 e. The lowest BCUT2D eigenvalue weighted by Gasteiger charge is -2.11. The van der Waals surface area contributed by atoms with Gasteiger partial charge in [-0.15, -0.1) is 0 Å². The van der Waals surface area contributed by atoms with Gasteiger partial charge in [0.25, 0.3) is 5.91 Å². The topological polar surface area (TPSA) is 49.3 Å². The fraction of sp³-hybridized carbons (Fsp3) is 0.462. The van der Waals surface area contributed by atoms with Crippen molar-refractivity contribution in [3.8, 4) is 0 Å². The molecule has 2 atom stereocenters. The summed E-state index contributed by atoms with van der Waals surface area (Å²) >= 11 is 11.6. The van der Waals surface area contributed by atoms with E-state index in [0.717, 1.165) is 19.3 Å². The summed E-state index contributed by atoms with van der Waals surface area (Å²) in [6.45, 7) is 0.593. The first-order valence-corrected chi connectivity index (χ1v) is 6.73. The summed E-state index contributed by atoms with van der Waals surface area (Å²) in [6, 6.07) is 4.81. The van der Waals surface area contributed by atoms with Gasteiger partial charge in [0.2, 0.25) is 0 Å². The van der Waals surface area contributed by atoms with Crippen LogP contribution < -0.4 is 5.32 Å². The van der Waals surface area contributed by atoms with E-state index in [1.54, 1.807) is 18.2 Å². The van der Waals surface area contributed by atoms with Crippen LogP contribution in [-0.4, -0.2) is 23.7 Å². The first-order chi connectivity index (χ1) is 8.56. The maximum atomic E-state index is 11.9. The molecule has 1 amide bonds. The van der Waals surface area contributed by atoms with Crippen LogP contribution >= 0.6 is 23.2 Å². The Kier molecular flexibility index (Phi) is 4.49. The predicted octanol–water partition coefficient (Wildman–Crippen LogP) is 2.88. The molecular weight excluding hydrogens is 273 g/mol. The normalized spacial score (nSPS) is 23.1. The SMILES string of the molecule is O=C(NCC1CCC(O)C1)c1ccc(Cl)c(Cl)c1. The van der Waals surface area contributed by atoms with Gasteiger partial charge in [-0.2, -0.15) is 0 Å². The number of rotatable bonds is 3. The van der Waals surface area contributed by atoms with E-state index in [1.807, 2.05) is 0 Å². The van der Waals surface area contributed by atoms with E-state index < -0.39 is 0 Å². The van der Waals surface area contributed by atoms with Crippen LogP contribution in [0.2, 0.25) is 10.0 Å². The zero-order chi connectivity index (χ0) is 13.1. The van der Waals surface area contributed by atoms with Gasteiger partial charge in [-0.1, -0.05) is 23.2 Å². The number of benzene rings is 1. The molecule has 0 aromatic heterocycles. The van der Waals surface area contributed by atoms with Gasteiger partial charge in [0.1, 0.15) is 0 Å². The number of aliphatic hydroxyl groups is 1. The highest BCUT2D eigenvalue weighted by Gasteiger charge is 2.23. The number of aliphatic hydroxyl groups excluding tert-OH is 1. The fourth-order valence-corrected chi connectivity index (χ4v) is 2.51. The number of hydrogen-bond donors (Lipinski definition) is 2. The Morgan fingerprint density at radius 2 is 2.11 bits per heavy atom. The highest BCUT2D eigenvalue weighted by atomic mass is 35.5. The zero-order valence-corrected chi connectivity index (χ0v) is 11.3. The van der Waals surface area contributed by atoms with Crippen molar-refractivity contribution in [2.24, 2.45) is 5.92 Å². The van der Waals surface area contributed by atoms with Crippen LogP contribution in [-0.2, 0) is 0 Å². The smallest absolute Gasteiger partial charge is 0.251 e. The Bertz CT molecular complexity index is 451. The van der Waals surface area contributed by atoms with E-state index >= 15 is 0 Å². The van der Waals surface area contributed by atoms with Crippen LogP contribution in [0.5, 0.6) is 0 Å². The number of nitrogens with one attached hydrogen (secondary N) is 1. The van der Waals surface area contributed by atoms with Crippen LogP contribution in [0, 0.1) is 5.92 Å². The highest BCUT2D eigenvalue weighted by Crippen LogP contribution is 2.25. The molecule has 0 spiro atoms. The Balaban J connectivity index is 1.89. The van der Waals surface area contributed by atoms with Gasteiger partial charge in [0, 0.05) is 12.1 Å². The Morgan fingerprint density at radius 1 is 1.33 bits per heavy atom. The minimum Gasteiger partial charge on any atom is -0.393 e. The van der Waals surface area contributed by atoms with Crippen molar-refractivity contribution >= 4 is 29.1 Å². The second kappa shape index (κ2) is 5.91. The second-order valence-electron chi connectivity index (χ2n) is 4.67. The molecule has 1 aromatic carbocycles. The van der Waals surface area contributed by atoms with Gasteiger partial charge in [-0.05, 0) is 43.4 Å². The molecule has 1 saturated carbocycles. The highest BCUT2D eigenvalue weighted by molar-refractivity contribution is 6.42. The molecule has 1 aliphatic rings. The number of amides is 1. The second-order valence-corrected chi connectivity index (χ2v) is 5.49. The summed E-state index contributed by atoms with van der Waals surface area (Å²) in [5.41, 5.74) is 0.503. The molecule has 2 N–H and O–H groups in total. The van der Waals surface area contributed by atoms with Gasteiger partial charge in [0.05, 0.1) is 16.1 Å². The van der Waals surface area contributed by atoms with Gasteiger partial charge in [0.15, 0.2) is 0 Å². The molecule has 2 unspecified atom stereocenters. The van der Waals surface area contributed by atoms with Crippen LogP contribution in [0.15, 0.2) is 18.2 Å². The molecule has 3 nitrogen and oxygen atoms in total. The third-order valence-corrected chi connectivity index (χ3v) is 3.99. The lowest BCUT2D eigenvalue weighted by atomic mass is 10.1. The molecule has 2 rings (SSSR count). The standard InChI is InChI=1S/C13H15Cl2NO2/c14-11-4-2-9(6-12(11)15)13(18)16-7-8-1-3-10(17)5-8/h2,4,6,8,10,17H,1,3,5,7H2,(H,16,18). The molecule has 5 heteroatoms. The van der Waals surface area contributed by atoms with Crippen molar-refractivity contribution in [1.82, 2.24) is 5.32 Å². The van der Waals surface area contributed by atoms with E-state index in [2.05, 4.69) is 5.32 Å². The maximum Gasteiger partial charge on any atom is 0.251 e. The van der Waals surface area contributed by atoms with Crippen LogP contribution in [0.3, 0.4) is 0 Å². The summed E-state index contributed by atoms with van der Waals surface area (Å²) in [4.78, 5) is 11.9. The monoisotopic (exact) mass is 287 g/mol. The number of carbonyl (C=O) groups excluding carboxylic acids is 1. The molecule has 1 fully saturated rings. The van der Waals surface area contributed by atoms with Crippen LogP contribution in [0.4, 0.5) is 0 Å². The van der Waals surface area contributed by atoms with Crippen molar-refractivity contribution in [2.75, 3.05) is 6.54 Å². The third-order valence-electron chi connectivity index (χ3n) is 3.25. The van der Waals surface area contributed by atoms with Gasteiger partial charge >= 0.3 is 0 Å². The number of carbonyl (C=O) groups is 1. The van der Waals surface area contributed by atoms with Gasteiger partial charge in [-0.3, -0.25) is 4.79 Å². The van der Waals surface area contributed by atoms with Crippen molar-refractivity contribution in [1.29, 1.82) is 0 Å². The predicted molar refractivity (Wildman–Crippen MR) is 72.1 cm³/mol. The Morgan fingerprint density at radius 3 is 2.72 bits per heavy atom. The maximum absolute atomic E-state index is 11.9. The molecule has 18 heavy (non-hydrogen) atoms. The third kappa shape index (κ3) is 3.37. The molecule has 1 aromatic rings. The average molecular weight is 288 g/mol. The summed E-state index contributed by atoms with van der Waals surface area (Å²) < 4.78 is 0. The summed E-state index contributed by atoms with van der Waals surface area (Å²) in [7, 11) is 0. The van der Waals surface area contributed by atoms with Crippen molar-refractivity contribution in [3.63, 3.8) is 0 Å². The van der Waals surface area contributed by atoms with Crippen LogP contribution in [0.25, 0.3) is 0 Å². The molecule has 98 valence electrons. The zero-order valence-electron chi connectivity index (χ0n) is 9.83. The summed E-state index contributed by atoms with van der Waals surface area (Å²) in [5, 5.41) is 13.1. The van der Waals surface area contributed by atoms with Crippen LogP contribution in [0.1, 0.15) is 29.6 Å². The molecule has 0 heterocycles. The molecule has 1 aliphatic carbocycles. The quantitative estimate of drug-likeness (QED) is 0.898. The summed E-state index contributed by atoms with van der Waals surface area (Å²) in [5.74, 6) is 0.210. The summed E-state index contributed by atoms with van der Waals surface area (Å²) in [6.07, 6.45) is 2.34. The van der Waals surface area contributed by atoms with E-state index in [4.69, 9.17) is 23.2 Å². The fourth-order valence-electron chi connectivity index (χ4n) is 2.21. The van der Waals surface area contributed by atoms with Crippen molar-refractivity contribution < 1.29 is 9.90 Å².